The molecule has 0 unspecified atom stereocenters. The number of fused-ring (bicyclic) bond motifs is 1. The lowest BCUT2D eigenvalue weighted by Gasteiger charge is -2.04. The molecule has 0 aliphatic carbocycles. The molecule has 19 heavy (non-hydrogen) atoms. The summed E-state index contributed by atoms with van der Waals surface area (Å²) in [6.07, 6.45) is 5.14. The molecule has 0 aliphatic rings. The number of aryl methyl sites for hydroxylation is 1. The summed E-state index contributed by atoms with van der Waals surface area (Å²) in [5, 5.41) is 14.0. The van der Waals surface area contributed by atoms with E-state index < -0.39 is 5.97 Å². The fraction of sp³-hybridized carbons (Fsp3) is 0.0714. The average Bonchev–Trinajstić information content (AvgIpc) is 2.84. The minimum atomic E-state index is -0.948. The van der Waals surface area contributed by atoms with E-state index in [1.807, 2.05) is 31.4 Å². The summed E-state index contributed by atoms with van der Waals surface area (Å²) in [4.78, 5) is 15.4. The van der Waals surface area contributed by atoms with Crippen LogP contribution in [0.2, 0.25) is 0 Å². The van der Waals surface area contributed by atoms with Gasteiger partial charge in [-0.25, -0.2) is 4.79 Å². The second-order valence-electron chi connectivity index (χ2n) is 4.30. The zero-order chi connectivity index (χ0) is 13.4. The first-order valence-electron chi connectivity index (χ1n) is 5.76. The van der Waals surface area contributed by atoms with Crippen molar-refractivity contribution < 1.29 is 9.90 Å². The Morgan fingerprint density at radius 2 is 2.11 bits per heavy atom. The van der Waals surface area contributed by atoms with Gasteiger partial charge in [0.25, 0.3) is 0 Å². The predicted octanol–water partition coefficient (Wildman–Crippen LogP) is 2.33. The smallest absolute Gasteiger partial charge is 0.336 e. The largest absolute Gasteiger partial charge is 0.478 e. The number of pyridine rings is 1. The van der Waals surface area contributed by atoms with E-state index in [1.54, 1.807) is 10.9 Å². The predicted molar refractivity (Wildman–Crippen MR) is 70.9 cm³/mol. The number of benzene rings is 1. The molecule has 5 heteroatoms. The lowest BCUT2D eigenvalue weighted by molar-refractivity contribution is 0.0699. The van der Waals surface area contributed by atoms with Crippen LogP contribution in [0.4, 0.5) is 0 Å². The standard InChI is InChI=1S/C14H11N3O2/c1-17-8-10(7-16-17)9-2-3-13-12(6-9)11(14(18)19)4-5-15-13/h2-8H,1H3,(H,18,19). The van der Waals surface area contributed by atoms with Gasteiger partial charge < -0.3 is 5.11 Å². The van der Waals surface area contributed by atoms with Crippen LogP contribution in [-0.2, 0) is 7.05 Å². The van der Waals surface area contributed by atoms with Gasteiger partial charge in [0.2, 0.25) is 0 Å². The number of nitrogens with zero attached hydrogens (tertiary/aromatic N) is 3. The molecule has 3 rings (SSSR count). The van der Waals surface area contributed by atoms with E-state index in [0.29, 0.717) is 10.9 Å². The Balaban J connectivity index is 2.24. The Morgan fingerprint density at radius 1 is 1.26 bits per heavy atom. The zero-order valence-corrected chi connectivity index (χ0v) is 10.2. The van der Waals surface area contributed by atoms with Crippen molar-refractivity contribution in [2.45, 2.75) is 0 Å². The maximum atomic E-state index is 11.2. The van der Waals surface area contributed by atoms with Crippen LogP contribution in [0.1, 0.15) is 10.4 Å². The van der Waals surface area contributed by atoms with E-state index in [9.17, 15) is 9.90 Å². The van der Waals surface area contributed by atoms with Gasteiger partial charge in [0.05, 0.1) is 17.3 Å². The Bertz CT molecular complexity index is 777. The molecule has 3 aromatic rings. The van der Waals surface area contributed by atoms with Crippen molar-refractivity contribution in [3.63, 3.8) is 0 Å². The first-order chi connectivity index (χ1) is 9.15. The van der Waals surface area contributed by atoms with Gasteiger partial charge in [-0.2, -0.15) is 5.10 Å². The van der Waals surface area contributed by atoms with Gasteiger partial charge in [0.1, 0.15) is 0 Å². The van der Waals surface area contributed by atoms with Gasteiger partial charge in [-0.05, 0) is 23.8 Å². The number of rotatable bonds is 2. The van der Waals surface area contributed by atoms with Crippen molar-refractivity contribution in [1.29, 1.82) is 0 Å². The van der Waals surface area contributed by atoms with Crippen molar-refractivity contribution in [2.75, 3.05) is 0 Å². The highest BCUT2D eigenvalue weighted by Crippen LogP contribution is 2.25. The summed E-state index contributed by atoms with van der Waals surface area (Å²) >= 11 is 0. The number of carboxylic acid groups (broad SMARTS) is 1. The van der Waals surface area contributed by atoms with E-state index in [4.69, 9.17) is 0 Å². The number of hydrogen-bond acceptors (Lipinski definition) is 3. The maximum absolute atomic E-state index is 11.2. The Labute approximate surface area is 109 Å². The molecule has 0 atom stereocenters. The van der Waals surface area contributed by atoms with Gasteiger partial charge in [0.15, 0.2) is 0 Å². The average molecular weight is 253 g/mol. The normalized spacial score (nSPS) is 10.8. The SMILES string of the molecule is Cn1cc(-c2ccc3nccc(C(=O)O)c3c2)cn1. The number of carbonyl (C=O) groups is 1. The summed E-state index contributed by atoms with van der Waals surface area (Å²) in [5.41, 5.74) is 2.81. The minimum Gasteiger partial charge on any atom is -0.478 e. The first kappa shape index (κ1) is 11.4. The van der Waals surface area contributed by atoms with Crippen LogP contribution >= 0.6 is 0 Å². The molecule has 1 N–H and O–H groups in total. The highest BCUT2D eigenvalue weighted by atomic mass is 16.4. The van der Waals surface area contributed by atoms with Gasteiger partial charge in [-0.3, -0.25) is 9.67 Å². The molecule has 0 spiro atoms. The van der Waals surface area contributed by atoms with E-state index in [1.165, 1.54) is 12.3 Å². The van der Waals surface area contributed by atoms with Crippen LogP contribution in [0.5, 0.6) is 0 Å². The third kappa shape index (κ3) is 1.95. The Kier molecular flexibility index (Phi) is 2.52. The van der Waals surface area contributed by atoms with Crippen LogP contribution in [0.3, 0.4) is 0 Å². The van der Waals surface area contributed by atoms with Gasteiger partial charge in [0, 0.05) is 30.4 Å². The third-order valence-electron chi connectivity index (χ3n) is 3.01. The van der Waals surface area contributed by atoms with Crippen molar-refractivity contribution in [2.24, 2.45) is 7.05 Å². The zero-order valence-electron chi connectivity index (χ0n) is 10.2. The lowest BCUT2D eigenvalue weighted by Crippen LogP contribution is -1.98. The van der Waals surface area contributed by atoms with Crippen LogP contribution in [0, 0.1) is 0 Å². The van der Waals surface area contributed by atoms with Crippen molar-refractivity contribution in [3.05, 3.63) is 48.4 Å². The molecule has 2 heterocycles. The van der Waals surface area contributed by atoms with Crippen LogP contribution in [-0.4, -0.2) is 25.8 Å². The van der Waals surface area contributed by atoms with Crippen LogP contribution in [0.15, 0.2) is 42.9 Å². The third-order valence-corrected chi connectivity index (χ3v) is 3.01. The molecular weight excluding hydrogens is 242 g/mol. The molecule has 0 radical (unpaired) electrons. The monoisotopic (exact) mass is 253 g/mol. The number of carboxylic acids is 1. The molecule has 0 saturated carbocycles. The lowest BCUT2D eigenvalue weighted by atomic mass is 10.0. The van der Waals surface area contributed by atoms with Crippen molar-refractivity contribution in [3.8, 4) is 11.1 Å². The summed E-state index contributed by atoms with van der Waals surface area (Å²) in [6, 6.07) is 7.09. The van der Waals surface area contributed by atoms with E-state index in [0.717, 1.165) is 11.1 Å². The Morgan fingerprint density at radius 3 is 2.79 bits per heavy atom. The molecule has 0 fully saturated rings. The summed E-state index contributed by atoms with van der Waals surface area (Å²) in [5.74, 6) is -0.948. The fourth-order valence-corrected chi connectivity index (χ4v) is 2.08. The minimum absolute atomic E-state index is 0.260. The molecule has 0 bridgehead atoms. The quantitative estimate of drug-likeness (QED) is 0.761. The van der Waals surface area contributed by atoms with Crippen molar-refractivity contribution >= 4 is 16.9 Å². The molecule has 2 aromatic heterocycles. The molecule has 5 nitrogen and oxygen atoms in total. The van der Waals surface area contributed by atoms with E-state index in [2.05, 4.69) is 10.1 Å². The topological polar surface area (TPSA) is 68.0 Å². The number of aromatic carboxylic acids is 1. The second kappa shape index (κ2) is 4.20. The van der Waals surface area contributed by atoms with E-state index >= 15 is 0 Å². The summed E-state index contributed by atoms with van der Waals surface area (Å²) in [6.45, 7) is 0. The molecule has 94 valence electrons. The molecule has 0 saturated heterocycles. The number of hydrogen-bond donors (Lipinski definition) is 1. The second-order valence-corrected chi connectivity index (χ2v) is 4.30. The fourth-order valence-electron chi connectivity index (χ4n) is 2.08. The highest BCUT2D eigenvalue weighted by Gasteiger charge is 2.10. The number of aromatic nitrogens is 3. The van der Waals surface area contributed by atoms with Crippen LogP contribution < -0.4 is 0 Å². The molecule has 1 aromatic carbocycles. The highest BCUT2D eigenvalue weighted by molar-refractivity contribution is 6.03. The molecular formula is C14H11N3O2. The van der Waals surface area contributed by atoms with Gasteiger partial charge in [-0.1, -0.05) is 6.07 Å². The van der Waals surface area contributed by atoms with E-state index in [-0.39, 0.29) is 5.56 Å². The summed E-state index contributed by atoms with van der Waals surface area (Å²) < 4.78 is 1.71. The Hall–Kier alpha value is -2.69. The maximum Gasteiger partial charge on any atom is 0.336 e. The molecule has 0 aliphatic heterocycles. The van der Waals surface area contributed by atoms with Gasteiger partial charge >= 0.3 is 5.97 Å². The molecule has 0 amide bonds. The van der Waals surface area contributed by atoms with Crippen LogP contribution in [0.25, 0.3) is 22.0 Å². The summed E-state index contributed by atoms with van der Waals surface area (Å²) in [7, 11) is 1.84. The first-order valence-corrected chi connectivity index (χ1v) is 5.76. The van der Waals surface area contributed by atoms with Crippen molar-refractivity contribution in [1.82, 2.24) is 14.8 Å². The van der Waals surface area contributed by atoms with Gasteiger partial charge in [-0.15, -0.1) is 0 Å².